The molecule has 0 radical (unpaired) electrons. The first-order valence-electron chi connectivity index (χ1n) is 8.27. The molecule has 6 heteroatoms. The third-order valence-corrected chi connectivity index (χ3v) is 3.72. The molecule has 0 unspecified atom stereocenters. The number of benzene rings is 2. The molecule has 142 valence electrons. The summed E-state index contributed by atoms with van der Waals surface area (Å²) in [7, 11) is 2.75. The smallest absolute Gasteiger partial charge is 0.341 e. The average Bonchev–Trinajstić information content (AvgIpc) is 2.69. The summed E-state index contributed by atoms with van der Waals surface area (Å²) in [5.74, 6) is -0.563. The number of anilines is 1. The predicted molar refractivity (Wildman–Crippen MR) is 103 cm³/mol. The minimum Gasteiger partial charge on any atom is -0.503 e. The summed E-state index contributed by atoms with van der Waals surface area (Å²) in [6.45, 7) is 4.19. The standard InChI is InChI=1S/C21H22FNO4/c1-4-11-23-20-10-9-16(12-19(20)22)27-13-15-7-5-6-8-17(15)18(14-25-2)21(24)26-3/h4-10,12,14,23H,1,11,13H2,2-3H3/b18-14+. The molecule has 0 aromatic heterocycles. The lowest BCUT2D eigenvalue weighted by Gasteiger charge is -2.13. The maximum absolute atomic E-state index is 14.1. The molecule has 0 heterocycles. The van der Waals surface area contributed by atoms with Gasteiger partial charge in [0.2, 0.25) is 0 Å². The first-order chi connectivity index (χ1) is 13.1. The maximum Gasteiger partial charge on any atom is 0.341 e. The number of esters is 1. The highest BCUT2D eigenvalue weighted by Crippen LogP contribution is 2.24. The Kier molecular flexibility index (Phi) is 7.43. The lowest BCUT2D eigenvalue weighted by molar-refractivity contribution is -0.133. The first-order valence-corrected chi connectivity index (χ1v) is 8.27. The maximum atomic E-state index is 14.1. The summed E-state index contributed by atoms with van der Waals surface area (Å²) in [6.07, 6.45) is 2.97. The van der Waals surface area contributed by atoms with Gasteiger partial charge in [-0.1, -0.05) is 30.3 Å². The molecule has 5 nitrogen and oxygen atoms in total. The zero-order valence-corrected chi connectivity index (χ0v) is 15.3. The van der Waals surface area contributed by atoms with Gasteiger partial charge in [-0.05, 0) is 23.3 Å². The lowest BCUT2D eigenvalue weighted by Crippen LogP contribution is -2.08. The fraction of sp³-hybridized carbons (Fsp3) is 0.190. The Balaban J connectivity index is 2.19. The van der Waals surface area contributed by atoms with Crippen LogP contribution in [0.5, 0.6) is 5.75 Å². The van der Waals surface area contributed by atoms with Gasteiger partial charge >= 0.3 is 5.97 Å². The Morgan fingerprint density at radius 1 is 1.22 bits per heavy atom. The first kappa shape index (κ1) is 20.0. The highest BCUT2D eigenvalue weighted by Gasteiger charge is 2.17. The van der Waals surface area contributed by atoms with E-state index in [0.717, 1.165) is 5.56 Å². The van der Waals surface area contributed by atoms with Gasteiger partial charge in [-0.15, -0.1) is 6.58 Å². The predicted octanol–water partition coefficient (Wildman–Crippen LogP) is 4.16. The number of methoxy groups -OCH3 is 2. The number of carbonyl (C=O) groups excluding carboxylic acids is 1. The normalized spacial score (nSPS) is 10.9. The van der Waals surface area contributed by atoms with E-state index in [9.17, 15) is 9.18 Å². The van der Waals surface area contributed by atoms with Crippen molar-refractivity contribution in [3.63, 3.8) is 0 Å². The molecule has 0 aliphatic rings. The number of ether oxygens (including phenoxy) is 3. The Hall–Kier alpha value is -3.28. The number of nitrogens with one attached hydrogen (secondary N) is 1. The van der Waals surface area contributed by atoms with Gasteiger partial charge in [-0.25, -0.2) is 9.18 Å². The molecule has 0 fully saturated rings. The summed E-state index contributed by atoms with van der Waals surface area (Å²) in [6, 6.07) is 11.8. The van der Waals surface area contributed by atoms with E-state index in [1.54, 1.807) is 30.3 Å². The molecule has 2 aromatic rings. The van der Waals surface area contributed by atoms with Crippen LogP contribution in [0, 0.1) is 5.82 Å². The van der Waals surface area contributed by atoms with E-state index in [4.69, 9.17) is 14.2 Å². The number of hydrogen-bond donors (Lipinski definition) is 1. The highest BCUT2D eigenvalue weighted by atomic mass is 19.1. The summed E-state index contributed by atoms with van der Waals surface area (Å²) in [5, 5.41) is 2.90. The minimum absolute atomic E-state index is 0.146. The van der Waals surface area contributed by atoms with E-state index in [1.165, 1.54) is 26.5 Å². The third-order valence-electron chi connectivity index (χ3n) is 3.72. The Labute approximate surface area is 158 Å². The van der Waals surface area contributed by atoms with Crippen LogP contribution in [-0.2, 0) is 20.9 Å². The van der Waals surface area contributed by atoms with Crippen LogP contribution >= 0.6 is 0 Å². The van der Waals surface area contributed by atoms with Gasteiger partial charge in [0.05, 0.1) is 26.2 Å². The topological polar surface area (TPSA) is 56.8 Å². The summed E-state index contributed by atoms with van der Waals surface area (Å²) < 4.78 is 29.6. The fourth-order valence-corrected chi connectivity index (χ4v) is 2.43. The monoisotopic (exact) mass is 371 g/mol. The van der Waals surface area contributed by atoms with Crippen LogP contribution in [0.15, 0.2) is 61.4 Å². The lowest BCUT2D eigenvalue weighted by atomic mass is 10.0. The van der Waals surface area contributed by atoms with Crippen LogP contribution < -0.4 is 10.1 Å². The van der Waals surface area contributed by atoms with Gasteiger partial charge in [0.1, 0.15) is 23.7 Å². The zero-order chi connectivity index (χ0) is 19.6. The van der Waals surface area contributed by atoms with Crippen molar-refractivity contribution in [2.75, 3.05) is 26.1 Å². The molecule has 1 N–H and O–H groups in total. The van der Waals surface area contributed by atoms with Crippen LogP contribution in [0.2, 0.25) is 0 Å². The Bertz CT molecular complexity index is 833. The van der Waals surface area contributed by atoms with Crippen molar-refractivity contribution in [2.24, 2.45) is 0 Å². The molecule has 2 rings (SSSR count). The van der Waals surface area contributed by atoms with Gasteiger partial charge in [0.25, 0.3) is 0 Å². The largest absolute Gasteiger partial charge is 0.503 e. The number of hydrogen-bond acceptors (Lipinski definition) is 5. The zero-order valence-electron chi connectivity index (χ0n) is 15.3. The molecule has 0 saturated heterocycles. The second kappa shape index (κ2) is 10.0. The second-order valence-corrected chi connectivity index (χ2v) is 5.52. The minimum atomic E-state index is -0.520. The molecule has 0 bridgehead atoms. The van der Waals surface area contributed by atoms with E-state index in [0.29, 0.717) is 23.5 Å². The van der Waals surface area contributed by atoms with Crippen LogP contribution in [0.25, 0.3) is 5.57 Å². The Morgan fingerprint density at radius 3 is 2.67 bits per heavy atom. The van der Waals surface area contributed by atoms with Crippen molar-refractivity contribution < 1.29 is 23.4 Å². The van der Waals surface area contributed by atoms with Crippen molar-refractivity contribution in [1.82, 2.24) is 0 Å². The summed E-state index contributed by atoms with van der Waals surface area (Å²) in [4.78, 5) is 12.0. The van der Waals surface area contributed by atoms with Crippen LogP contribution in [0.1, 0.15) is 11.1 Å². The van der Waals surface area contributed by atoms with E-state index in [2.05, 4.69) is 11.9 Å². The van der Waals surface area contributed by atoms with Gasteiger partial charge < -0.3 is 19.5 Å². The molecule has 0 aliphatic heterocycles. The van der Waals surface area contributed by atoms with Crippen molar-refractivity contribution >= 4 is 17.2 Å². The number of halogens is 1. The van der Waals surface area contributed by atoms with Crippen LogP contribution in [-0.4, -0.2) is 26.7 Å². The molecule has 2 aromatic carbocycles. The van der Waals surface area contributed by atoms with E-state index in [-0.39, 0.29) is 12.2 Å². The van der Waals surface area contributed by atoms with Crippen LogP contribution in [0.3, 0.4) is 0 Å². The third kappa shape index (κ3) is 5.34. The van der Waals surface area contributed by atoms with Crippen molar-refractivity contribution in [1.29, 1.82) is 0 Å². The molecule has 0 spiro atoms. The van der Waals surface area contributed by atoms with Gasteiger partial charge in [-0.2, -0.15) is 0 Å². The van der Waals surface area contributed by atoms with E-state index >= 15 is 0 Å². The van der Waals surface area contributed by atoms with E-state index in [1.807, 2.05) is 12.1 Å². The van der Waals surface area contributed by atoms with E-state index < -0.39 is 11.8 Å². The number of rotatable bonds is 9. The molecular weight excluding hydrogens is 349 g/mol. The Morgan fingerprint density at radius 2 is 2.00 bits per heavy atom. The molecule has 0 atom stereocenters. The molecule has 0 aliphatic carbocycles. The second-order valence-electron chi connectivity index (χ2n) is 5.52. The van der Waals surface area contributed by atoms with Gasteiger partial charge in [-0.3, -0.25) is 0 Å². The summed E-state index contributed by atoms with van der Waals surface area (Å²) in [5.41, 5.74) is 2.00. The quantitative estimate of drug-likeness (QED) is 0.310. The highest BCUT2D eigenvalue weighted by molar-refractivity contribution is 6.16. The average molecular weight is 371 g/mol. The van der Waals surface area contributed by atoms with Crippen LogP contribution in [0.4, 0.5) is 10.1 Å². The molecular formula is C21H22FNO4. The number of carbonyl (C=O) groups is 1. The summed E-state index contributed by atoms with van der Waals surface area (Å²) >= 11 is 0. The SMILES string of the molecule is C=CCNc1ccc(OCc2ccccc2/C(=C\OC)C(=O)OC)cc1F. The fourth-order valence-electron chi connectivity index (χ4n) is 2.43. The van der Waals surface area contributed by atoms with Crippen molar-refractivity contribution in [2.45, 2.75) is 6.61 Å². The van der Waals surface area contributed by atoms with Crippen molar-refractivity contribution in [3.8, 4) is 5.75 Å². The molecule has 0 saturated carbocycles. The van der Waals surface area contributed by atoms with Gasteiger partial charge in [0.15, 0.2) is 0 Å². The van der Waals surface area contributed by atoms with Gasteiger partial charge in [0, 0.05) is 12.6 Å². The molecule has 0 amide bonds. The van der Waals surface area contributed by atoms with Crippen molar-refractivity contribution in [3.05, 3.63) is 78.3 Å². The molecule has 27 heavy (non-hydrogen) atoms.